The summed E-state index contributed by atoms with van der Waals surface area (Å²) >= 11 is 8.34. The van der Waals surface area contributed by atoms with Crippen LogP contribution in [0, 0.1) is 10.1 Å². The Kier molecular flexibility index (Phi) is 3.80. The highest BCUT2D eigenvalue weighted by Gasteiger charge is 2.38. The molecule has 0 N–H and O–H groups in total. The highest BCUT2D eigenvalue weighted by molar-refractivity contribution is 9.10. The van der Waals surface area contributed by atoms with Gasteiger partial charge in [-0.3, -0.25) is 10.1 Å². The topological polar surface area (TPSA) is 43.1 Å². The Hall–Kier alpha value is -0.820. The molecule has 0 atom stereocenters. The Morgan fingerprint density at radius 3 is 2.38 bits per heavy atom. The number of rotatable bonds is 2. The van der Waals surface area contributed by atoms with Gasteiger partial charge < -0.3 is 0 Å². The van der Waals surface area contributed by atoms with Gasteiger partial charge in [0.2, 0.25) is 0 Å². The van der Waals surface area contributed by atoms with Gasteiger partial charge in [0.05, 0.1) is 4.92 Å². The standard InChI is InChI=1S/C8H4BrClF3NO2/c9-6-2-7(14(15)16)5(8(11,12)13)1-4(6)3-10/h1-2H,3H2. The molecule has 1 aromatic rings. The normalized spacial score (nSPS) is 11.6. The van der Waals surface area contributed by atoms with E-state index in [2.05, 4.69) is 15.9 Å². The summed E-state index contributed by atoms with van der Waals surface area (Å²) in [5.41, 5.74) is -2.14. The summed E-state index contributed by atoms with van der Waals surface area (Å²) in [6, 6.07) is 1.48. The molecule has 88 valence electrons. The predicted octanol–water partition coefficient (Wildman–Crippen LogP) is 4.11. The minimum Gasteiger partial charge on any atom is -0.258 e. The van der Waals surface area contributed by atoms with E-state index in [0.717, 1.165) is 6.07 Å². The largest absolute Gasteiger partial charge is 0.423 e. The Bertz CT molecular complexity index is 436. The molecule has 0 saturated heterocycles. The summed E-state index contributed by atoms with van der Waals surface area (Å²) in [4.78, 5) is 9.39. The van der Waals surface area contributed by atoms with Crippen molar-refractivity contribution in [3.8, 4) is 0 Å². The molecular weight excluding hydrogens is 314 g/mol. The summed E-state index contributed by atoms with van der Waals surface area (Å²) < 4.78 is 37.7. The smallest absolute Gasteiger partial charge is 0.258 e. The molecule has 0 saturated carbocycles. The molecule has 8 heteroatoms. The summed E-state index contributed by atoms with van der Waals surface area (Å²) in [5.74, 6) is -0.165. The van der Waals surface area contributed by atoms with Crippen LogP contribution in [0.1, 0.15) is 11.1 Å². The van der Waals surface area contributed by atoms with Crippen LogP contribution in [0.4, 0.5) is 18.9 Å². The van der Waals surface area contributed by atoms with Crippen LogP contribution >= 0.6 is 27.5 Å². The lowest BCUT2D eigenvalue weighted by molar-refractivity contribution is -0.388. The van der Waals surface area contributed by atoms with E-state index in [1.54, 1.807) is 0 Å². The molecule has 0 amide bonds. The number of hydrogen-bond donors (Lipinski definition) is 0. The predicted molar refractivity (Wildman–Crippen MR) is 55.4 cm³/mol. The fraction of sp³-hybridized carbons (Fsp3) is 0.250. The monoisotopic (exact) mass is 317 g/mol. The second-order valence-corrected chi connectivity index (χ2v) is 3.97. The quantitative estimate of drug-likeness (QED) is 0.468. The molecule has 1 rings (SSSR count). The van der Waals surface area contributed by atoms with Crippen molar-refractivity contribution in [2.75, 3.05) is 0 Å². The van der Waals surface area contributed by atoms with E-state index in [-0.39, 0.29) is 15.9 Å². The van der Waals surface area contributed by atoms with Gasteiger partial charge in [-0.1, -0.05) is 15.9 Å². The maximum Gasteiger partial charge on any atom is 0.423 e. The van der Waals surface area contributed by atoms with E-state index in [4.69, 9.17) is 11.6 Å². The van der Waals surface area contributed by atoms with Gasteiger partial charge in [0, 0.05) is 16.4 Å². The summed E-state index contributed by atoms with van der Waals surface area (Å²) in [5, 5.41) is 10.5. The average Bonchev–Trinajstić information content (AvgIpc) is 2.15. The second kappa shape index (κ2) is 4.58. The Balaban J connectivity index is 3.49. The van der Waals surface area contributed by atoms with Crippen molar-refractivity contribution < 1.29 is 18.1 Å². The molecule has 0 aliphatic carbocycles. The third kappa shape index (κ3) is 2.65. The third-order valence-electron chi connectivity index (χ3n) is 1.81. The van der Waals surface area contributed by atoms with Gasteiger partial charge in [0.1, 0.15) is 5.56 Å². The Labute approximate surface area is 101 Å². The number of halogens is 5. The molecule has 1 aromatic carbocycles. The fourth-order valence-electron chi connectivity index (χ4n) is 1.09. The van der Waals surface area contributed by atoms with Crippen molar-refractivity contribution in [3.05, 3.63) is 37.8 Å². The van der Waals surface area contributed by atoms with Gasteiger partial charge >= 0.3 is 6.18 Å². The zero-order chi connectivity index (χ0) is 12.5. The number of alkyl halides is 4. The molecule has 0 bridgehead atoms. The van der Waals surface area contributed by atoms with Crippen LogP contribution in [0.2, 0.25) is 0 Å². The van der Waals surface area contributed by atoms with Crippen molar-refractivity contribution in [3.63, 3.8) is 0 Å². The highest BCUT2D eigenvalue weighted by Crippen LogP contribution is 2.39. The van der Waals surface area contributed by atoms with Crippen molar-refractivity contribution in [2.24, 2.45) is 0 Å². The lowest BCUT2D eigenvalue weighted by Crippen LogP contribution is -2.09. The number of hydrogen-bond acceptors (Lipinski definition) is 2. The van der Waals surface area contributed by atoms with Crippen LogP contribution in [0.15, 0.2) is 16.6 Å². The minimum absolute atomic E-state index is 0.152. The van der Waals surface area contributed by atoms with E-state index in [1.807, 2.05) is 0 Å². The summed E-state index contributed by atoms with van der Waals surface area (Å²) in [6.45, 7) is 0. The highest BCUT2D eigenvalue weighted by atomic mass is 79.9. The van der Waals surface area contributed by atoms with Crippen LogP contribution < -0.4 is 0 Å². The molecule has 0 aliphatic rings. The van der Waals surface area contributed by atoms with Gasteiger partial charge in [-0.2, -0.15) is 13.2 Å². The zero-order valence-electron chi connectivity index (χ0n) is 7.52. The first-order valence-electron chi connectivity index (χ1n) is 3.87. The van der Waals surface area contributed by atoms with Crippen molar-refractivity contribution in [1.82, 2.24) is 0 Å². The van der Waals surface area contributed by atoms with Crippen LogP contribution in [-0.4, -0.2) is 4.92 Å². The molecule has 0 spiro atoms. The second-order valence-electron chi connectivity index (χ2n) is 2.85. The van der Waals surface area contributed by atoms with E-state index in [9.17, 15) is 23.3 Å². The molecule has 0 aliphatic heterocycles. The Morgan fingerprint density at radius 1 is 1.44 bits per heavy atom. The number of nitro groups is 1. The van der Waals surface area contributed by atoms with Crippen molar-refractivity contribution >= 4 is 33.2 Å². The van der Waals surface area contributed by atoms with Crippen LogP contribution in [0.25, 0.3) is 0 Å². The number of nitro benzene ring substituents is 1. The van der Waals surface area contributed by atoms with Crippen LogP contribution in [-0.2, 0) is 12.1 Å². The van der Waals surface area contributed by atoms with Gasteiger partial charge in [-0.05, 0) is 11.6 Å². The molecule has 0 radical (unpaired) electrons. The molecule has 0 unspecified atom stereocenters. The van der Waals surface area contributed by atoms with E-state index >= 15 is 0 Å². The maximum absolute atomic E-state index is 12.5. The Morgan fingerprint density at radius 2 is 2.00 bits per heavy atom. The lowest BCUT2D eigenvalue weighted by Gasteiger charge is -2.09. The van der Waals surface area contributed by atoms with Crippen LogP contribution in [0.5, 0.6) is 0 Å². The fourth-order valence-corrected chi connectivity index (χ4v) is 1.94. The van der Waals surface area contributed by atoms with E-state index in [1.165, 1.54) is 0 Å². The van der Waals surface area contributed by atoms with Crippen molar-refractivity contribution in [1.29, 1.82) is 0 Å². The molecule has 0 fully saturated rings. The summed E-state index contributed by atoms with van der Waals surface area (Å²) in [7, 11) is 0. The number of benzene rings is 1. The van der Waals surface area contributed by atoms with Crippen LogP contribution in [0.3, 0.4) is 0 Å². The van der Waals surface area contributed by atoms with Gasteiger partial charge in [-0.25, -0.2) is 0 Å². The zero-order valence-corrected chi connectivity index (χ0v) is 9.86. The molecule has 16 heavy (non-hydrogen) atoms. The minimum atomic E-state index is -4.77. The third-order valence-corrected chi connectivity index (χ3v) is 2.84. The number of nitrogens with zero attached hydrogens (tertiary/aromatic N) is 1. The van der Waals surface area contributed by atoms with E-state index in [0.29, 0.717) is 6.07 Å². The van der Waals surface area contributed by atoms with Gasteiger partial charge in [-0.15, -0.1) is 11.6 Å². The molecule has 0 aromatic heterocycles. The lowest BCUT2D eigenvalue weighted by atomic mass is 10.1. The first-order chi connectivity index (χ1) is 7.27. The summed E-state index contributed by atoms with van der Waals surface area (Å²) in [6.07, 6.45) is -4.77. The van der Waals surface area contributed by atoms with Crippen molar-refractivity contribution in [2.45, 2.75) is 12.1 Å². The first-order valence-corrected chi connectivity index (χ1v) is 5.20. The first kappa shape index (κ1) is 13.2. The molecule has 3 nitrogen and oxygen atoms in total. The van der Waals surface area contributed by atoms with Gasteiger partial charge in [0.25, 0.3) is 5.69 Å². The SMILES string of the molecule is O=[N+]([O-])c1cc(Br)c(CCl)cc1C(F)(F)F. The maximum atomic E-state index is 12.5. The van der Waals surface area contributed by atoms with E-state index < -0.39 is 22.4 Å². The average molecular weight is 318 g/mol. The van der Waals surface area contributed by atoms with Gasteiger partial charge in [0.15, 0.2) is 0 Å². The molecule has 0 heterocycles. The molecular formula is C8H4BrClF3NO2.